The number of piperidine rings is 1. The summed E-state index contributed by atoms with van der Waals surface area (Å²) in [6.45, 7) is 4.25. The molecule has 1 atom stereocenters. The van der Waals surface area contributed by atoms with Crippen molar-refractivity contribution in [3.05, 3.63) is 34.4 Å². The summed E-state index contributed by atoms with van der Waals surface area (Å²) in [6.07, 6.45) is 4.13. The Morgan fingerprint density at radius 1 is 1.32 bits per heavy atom. The molecule has 5 nitrogen and oxygen atoms in total. The molecule has 1 aromatic carbocycles. The Balaban J connectivity index is 1.80. The van der Waals surface area contributed by atoms with Crippen LogP contribution in [0, 0.1) is 5.92 Å². The highest BCUT2D eigenvalue weighted by Crippen LogP contribution is 2.28. The molecule has 116 valence electrons. The lowest BCUT2D eigenvalue weighted by molar-refractivity contribution is 0.444. The molecule has 0 amide bonds. The number of halogens is 2. The highest BCUT2D eigenvalue weighted by molar-refractivity contribution is 6.35. The second-order valence-electron chi connectivity index (χ2n) is 5.58. The van der Waals surface area contributed by atoms with Crippen LogP contribution in [0.25, 0.3) is 0 Å². The molecule has 7 heteroatoms. The van der Waals surface area contributed by atoms with Gasteiger partial charge in [0, 0.05) is 18.1 Å². The first-order chi connectivity index (χ1) is 10.6. The van der Waals surface area contributed by atoms with Gasteiger partial charge in [-0.15, -0.1) is 5.10 Å². The minimum atomic E-state index is 0.417. The number of nitrogens with one attached hydrogen (secondary N) is 1. The quantitative estimate of drug-likeness (QED) is 0.911. The Morgan fingerprint density at radius 2 is 2.18 bits per heavy atom. The summed E-state index contributed by atoms with van der Waals surface area (Å²) in [5, 5.41) is 12.3. The predicted octanol–water partition coefficient (Wildman–Crippen LogP) is 4.16. The number of rotatable bonds is 3. The second-order valence-corrected chi connectivity index (χ2v) is 6.42. The van der Waals surface area contributed by atoms with E-state index in [4.69, 9.17) is 23.2 Å². The number of nitrogens with zero attached hydrogens (tertiary/aromatic N) is 4. The van der Waals surface area contributed by atoms with Crippen molar-refractivity contribution in [3.63, 3.8) is 0 Å². The maximum absolute atomic E-state index is 6.15. The number of anilines is 3. The molecule has 3 rings (SSSR count). The normalized spacial score (nSPS) is 18.3. The van der Waals surface area contributed by atoms with Gasteiger partial charge in [0.2, 0.25) is 5.95 Å². The lowest BCUT2D eigenvalue weighted by Crippen LogP contribution is -2.35. The number of aromatic nitrogens is 3. The Morgan fingerprint density at radius 3 is 3.00 bits per heavy atom. The van der Waals surface area contributed by atoms with Crippen molar-refractivity contribution in [1.82, 2.24) is 15.2 Å². The highest BCUT2D eigenvalue weighted by atomic mass is 35.5. The van der Waals surface area contributed by atoms with Crippen LogP contribution in [0.3, 0.4) is 0 Å². The van der Waals surface area contributed by atoms with Crippen molar-refractivity contribution in [2.45, 2.75) is 19.8 Å². The molecule has 0 saturated carbocycles. The van der Waals surface area contributed by atoms with Crippen molar-refractivity contribution in [1.29, 1.82) is 0 Å². The molecule has 1 aliphatic heterocycles. The smallest absolute Gasteiger partial charge is 0.249 e. The minimum absolute atomic E-state index is 0.417. The first-order valence-electron chi connectivity index (χ1n) is 7.28. The standard InChI is InChI=1S/C15H17Cl2N5/c1-10-3-2-6-22(9-10)14-8-18-21-15(20-14)19-13-7-11(16)4-5-12(13)17/h4-5,7-8,10H,2-3,6,9H2,1H3,(H,19,20,21). The average Bonchev–Trinajstić information content (AvgIpc) is 2.51. The molecule has 22 heavy (non-hydrogen) atoms. The lowest BCUT2D eigenvalue weighted by Gasteiger charge is -2.31. The fraction of sp³-hybridized carbons (Fsp3) is 0.400. The van der Waals surface area contributed by atoms with Crippen molar-refractivity contribution >= 4 is 40.7 Å². The van der Waals surface area contributed by atoms with Crippen molar-refractivity contribution in [2.75, 3.05) is 23.3 Å². The molecule has 1 N–H and O–H groups in total. The van der Waals surface area contributed by atoms with Gasteiger partial charge in [-0.1, -0.05) is 30.1 Å². The molecule has 1 aliphatic rings. The highest BCUT2D eigenvalue weighted by Gasteiger charge is 2.18. The van der Waals surface area contributed by atoms with E-state index in [-0.39, 0.29) is 0 Å². The third kappa shape index (κ3) is 3.59. The first-order valence-corrected chi connectivity index (χ1v) is 8.04. The van der Waals surface area contributed by atoms with Gasteiger partial charge in [-0.2, -0.15) is 10.1 Å². The van der Waals surface area contributed by atoms with Crippen LogP contribution >= 0.6 is 23.2 Å². The van der Waals surface area contributed by atoms with E-state index >= 15 is 0 Å². The molecular weight excluding hydrogens is 321 g/mol. The number of hydrogen-bond donors (Lipinski definition) is 1. The summed E-state index contributed by atoms with van der Waals surface area (Å²) >= 11 is 12.1. The van der Waals surface area contributed by atoms with E-state index in [1.807, 2.05) is 0 Å². The molecule has 2 heterocycles. The maximum Gasteiger partial charge on any atom is 0.249 e. The van der Waals surface area contributed by atoms with Crippen molar-refractivity contribution in [2.24, 2.45) is 5.92 Å². The summed E-state index contributed by atoms with van der Waals surface area (Å²) in [5.41, 5.74) is 0.667. The Bertz CT molecular complexity index is 664. The van der Waals surface area contributed by atoms with E-state index in [1.54, 1.807) is 24.4 Å². The third-order valence-corrected chi connectivity index (χ3v) is 4.27. The average molecular weight is 338 g/mol. The van der Waals surface area contributed by atoms with E-state index in [0.717, 1.165) is 18.9 Å². The summed E-state index contributed by atoms with van der Waals surface area (Å²) in [4.78, 5) is 6.78. The molecule has 1 aromatic heterocycles. The molecule has 0 bridgehead atoms. The zero-order chi connectivity index (χ0) is 15.5. The van der Waals surface area contributed by atoms with Gasteiger partial charge in [-0.05, 0) is 37.0 Å². The summed E-state index contributed by atoms with van der Waals surface area (Å²) in [5.74, 6) is 1.92. The second kappa shape index (κ2) is 6.67. The minimum Gasteiger partial charge on any atom is -0.355 e. The molecular formula is C15H17Cl2N5. The molecule has 0 radical (unpaired) electrons. The number of hydrogen-bond acceptors (Lipinski definition) is 5. The van der Waals surface area contributed by atoms with Crippen LogP contribution in [-0.4, -0.2) is 28.3 Å². The molecule has 1 fully saturated rings. The van der Waals surface area contributed by atoms with Gasteiger partial charge in [0.1, 0.15) is 0 Å². The van der Waals surface area contributed by atoms with Gasteiger partial charge in [-0.25, -0.2) is 0 Å². The van der Waals surface area contributed by atoms with Crippen LogP contribution in [0.15, 0.2) is 24.4 Å². The molecule has 1 saturated heterocycles. The number of benzene rings is 1. The van der Waals surface area contributed by atoms with Crippen LogP contribution in [0.4, 0.5) is 17.5 Å². The van der Waals surface area contributed by atoms with Crippen LogP contribution in [0.1, 0.15) is 19.8 Å². The lowest BCUT2D eigenvalue weighted by atomic mass is 10.0. The Hall–Kier alpha value is -1.59. The van der Waals surface area contributed by atoms with E-state index in [1.165, 1.54) is 12.8 Å². The monoisotopic (exact) mass is 337 g/mol. The van der Waals surface area contributed by atoms with E-state index < -0.39 is 0 Å². The molecule has 1 unspecified atom stereocenters. The van der Waals surface area contributed by atoms with Gasteiger partial charge in [0.15, 0.2) is 5.82 Å². The van der Waals surface area contributed by atoms with Crippen LogP contribution < -0.4 is 10.2 Å². The topological polar surface area (TPSA) is 53.9 Å². The SMILES string of the molecule is CC1CCCN(c2cnnc(Nc3cc(Cl)ccc3Cl)n2)C1. The summed E-state index contributed by atoms with van der Waals surface area (Å²) in [6, 6.07) is 5.21. The Kier molecular flexibility index (Phi) is 4.64. The zero-order valence-corrected chi connectivity index (χ0v) is 13.8. The van der Waals surface area contributed by atoms with Crippen LogP contribution in [-0.2, 0) is 0 Å². The summed E-state index contributed by atoms with van der Waals surface area (Å²) < 4.78 is 0. The maximum atomic E-state index is 6.15. The first kappa shape index (κ1) is 15.3. The van der Waals surface area contributed by atoms with Gasteiger partial charge in [0.25, 0.3) is 0 Å². The van der Waals surface area contributed by atoms with Gasteiger partial charge in [0.05, 0.1) is 16.9 Å². The van der Waals surface area contributed by atoms with E-state index in [0.29, 0.717) is 27.6 Å². The molecule has 0 spiro atoms. The Labute approximate surface area is 139 Å². The van der Waals surface area contributed by atoms with Crippen LogP contribution in [0.2, 0.25) is 10.0 Å². The largest absolute Gasteiger partial charge is 0.355 e. The van der Waals surface area contributed by atoms with E-state index in [2.05, 4.69) is 32.3 Å². The van der Waals surface area contributed by atoms with Crippen molar-refractivity contribution in [3.8, 4) is 0 Å². The fourth-order valence-electron chi connectivity index (χ4n) is 2.61. The van der Waals surface area contributed by atoms with Crippen LogP contribution in [0.5, 0.6) is 0 Å². The predicted molar refractivity (Wildman–Crippen MR) is 90.2 cm³/mol. The molecule has 0 aliphatic carbocycles. The van der Waals surface area contributed by atoms with Gasteiger partial charge in [-0.3, -0.25) is 0 Å². The third-order valence-electron chi connectivity index (χ3n) is 3.70. The fourth-order valence-corrected chi connectivity index (χ4v) is 2.95. The summed E-state index contributed by atoms with van der Waals surface area (Å²) in [7, 11) is 0. The molecule has 2 aromatic rings. The van der Waals surface area contributed by atoms with Gasteiger partial charge >= 0.3 is 0 Å². The van der Waals surface area contributed by atoms with E-state index in [9.17, 15) is 0 Å². The van der Waals surface area contributed by atoms with Gasteiger partial charge < -0.3 is 10.2 Å². The zero-order valence-electron chi connectivity index (χ0n) is 12.3. The van der Waals surface area contributed by atoms with Crippen molar-refractivity contribution < 1.29 is 0 Å².